The smallest absolute Gasteiger partial charge is 0.108 e. The zero-order valence-corrected chi connectivity index (χ0v) is 9.12. The highest BCUT2D eigenvalue weighted by molar-refractivity contribution is 5.19. The number of ether oxygens (including phenoxy) is 1. The molecule has 1 fully saturated rings. The fourth-order valence-electron chi connectivity index (χ4n) is 1.53. The Labute approximate surface area is 86.4 Å². The Hall–Kier alpha value is -0.960. The molecule has 0 amide bonds. The molecule has 3 nitrogen and oxygen atoms in total. The second-order valence-electron chi connectivity index (χ2n) is 3.00. The Bertz CT molecular complexity index is 205. The molecule has 1 saturated heterocycles. The van der Waals surface area contributed by atoms with Gasteiger partial charge in [-0.2, -0.15) is 0 Å². The lowest BCUT2D eigenvalue weighted by Gasteiger charge is -2.31. The summed E-state index contributed by atoms with van der Waals surface area (Å²) >= 11 is 0. The molecule has 0 aliphatic carbocycles. The maximum Gasteiger partial charge on any atom is 0.108 e. The largest absolute Gasteiger partial charge is 0.497 e. The van der Waals surface area contributed by atoms with Gasteiger partial charge in [0.05, 0.1) is 6.26 Å². The van der Waals surface area contributed by atoms with Gasteiger partial charge in [0.15, 0.2) is 0 Å². The van der Waals surface area contributed by atoms with Gasteiger partial charge in [0.25, 0.3) is 0 Å². The lowest BCUT2D eigenvalue weighted by atomic mass is 10.2. The second kappa shape index (κ2) is 6.49. The van der Waals surface area contributed by atoms with Crippen LogP contribution in [0.4, 0.5) is 0 Å². The average Bonchev–Trinajstić information content (AvgIpc) is 2.34. The van der Waals surface area contributed by atoms with E-state index >= 15 is 0 Å². The molecule has 80 valence electrons. The Morgan fingerprint density at radius 3 is 2.57 bits per heavy atom. The van der Waals surface area contributed by atoms with Gasteiger partial charge in [0.2, 0.25) is 0 Å². The number of rotatable bonds is 1. The van der Waals surface area contributed by atoms with Crippen molar-refractivity contribution < 1.29 is 4.74 Å². The summed E-state index contributed by atoms with van der Waals surface area (Å²) in [7, 11) is 0. The first kappa shape index (κ1) is 11.1. The van der Waals surface area contributed by atoms with Crippen molar-refractivity contribution in [2.45, 2.75) is 13.8 Å². The zero-order chi connectivity index (χ0) is 10.2. The predicted molar refractivity (Wildman–Crippen MR) is 59.0 cm³/mol. The van der Waals surface area contributed by atoms with Crippen LogP contribution in [0.25, 0.3) is 0 Å². The van der Waals surface area contributed by atoms with Crippen LogP contribution in [0, 0.1) is 0 Å². The first-order valence-electron chi connectivity index (χ1n) is 5.41. The molecule has 0 bridgehead atoms. The van der Waals surface area contributed by atoms with Crippen molar-refractivity contribution in [2.75, 3.05) is 32.8 Å². The number of allylic oxidation sites excluding steroid dienone is 1. The number of piperazine rings is 1. The molecule has 2 rings (SSSR count). The van der Waals surface area contributed by atoms with E-state index < -0.39 is 0 Å². The zero-order valence-electron chi connectivity index (χ0n) is 9.12. The maximum atomic E-state index is 5.09. The molecule has 1 N–H and O–H groups in total. The Morgan fingerprint density at radius 2 is 2.00 bits per heavy atom. The van der Waals surface area contributed by atoms with Gasteiger partial charge in [-0.15, -0.1) is 0 Å². The Balaban J connectivity index is 0.000000461. The monoisotopic (exact) mass is 196 g/mol. The van der Waals surface area contributed by atoms with E-state index in [2.05, 4.69) is 16.3 Å². The highest BCUT2D eigenvalue weighted by atomic mass is 16.5. The van der Waals surface area contributed by atoms with Gasteiger partial charge in [0, 0.05) is 31.9 Å². The summed E-state index contributed by atoms with van der Waals surface area (Å²) < 4.78 is 5.09. The predicted octanol–water partition coefficient (Wildman–Crippen LogP) is 1.35. The maximum absolute atomic E-state index is 5.09. The van der Waals surface area contributed by atoms with Gasteiger partial charge < -0.3 is 15.0 Å². The quantitative estimate of drug-likeness (QED) is 0.685. The van der Waals surface area contributed by atoms with E-state index in [0.717, 1.165) is 32.8 Å². The number of nitrogens with zero attached hydrogens (tertiary/aromatic N) is 1. The van der Waals surface area contributed by atoms with Crippen LogP contribution < -0.4 is 5.32 Å². The molecule has 3 heteroatoms. The highest BCUT2D eigenvalue weighted by Crippen LogP contribution is 2.10. The molecule has 0 spiro atoms. The van der Waals surface area contributed by atoms with Gasteiger partial charge in [-0.25, -0.2) is 0 Å². The summed E-state index contributed by atoms with van der Waals surface area (Å²) in [6, 6.07) is 0. The first-order chi connectivity index (χ1) is 6.97. The van der Waals surface area contributed by atoms with Crippen LogP contribution in [0.2, 0.25) is 0 Å². The van der Waals surface area contributed by atoms with Crippen molar-refractivity contribution in [3.05, 3.63) is 24.1 Å². The molecule has 2 aliphatic heterocycles. The highest BCUT2D eigenvalue weighted by Gasteiger charge is 2.11. The SMILES string of the molecule is C1=CC(N2CCNCC2)=CCO1.CC. The minimum atomic E-state index is 0.718. The molecule has 0 aromatic carbocycles. The van der Waals surface area contributed by atoms with E-state index in [-0.39, 0.29) is 0 Å². The number of hydrogen-bond donors (Lipinski definition) is 1. The molecular formula is C11H20N2O. The van der Waals surface area contributed by atoms with Gasteiger partial charge >= 0.3 is 0 Å². The molecule has 0 atom stereocenters. The molecule has 2 aliphatic rings. The summed E-state index contributed by atoms with van der Waals surface area (Å²) in [5, 5.41) is 3.33. The summed E-state index contributed by atoms with van der Waals surface area (Å²) in [4.78, 5) is 2.38. The van der Waals surface area contributed by atoms with Crippen molar-refractivity contribution in [1.82, 2.24) is 10.2 Å². The topological polar surface area (TPSA) is 24.5 Å². The van der Waals surface area contributed by atoms with Crippen molar-refractivity contribution >= 4 is 0 Å². The van der Waals surface area contributed by atoms with Crippen LogP contribution in [0.1, 0.15) is 13.8 Å². The normalized spacial score (nSPS) is 20.4. The lowest BCUT2D eigenvalue weighted by Crippen LogP contribution is -2.42. The molecule has 0 saturated carbocycles. The number of nitrogens with one attached hydrogen (secondary N) is 1. The fourth-order valence-corrected chi connectivity index (χ4v) is 1.53. The van der Waals surface area contributed by atoms with Crippen LogP contribution in [0.3, 0.4) is 0 Å². The minimum Gasteiger partial charge on any atom is -0.497 e. The van der Waals surface area contributed by atoms with Crippen molar-refractivity contribution in [3.63, 3.8) is 0 Å². The van der Waals surface area contributed by atoms with E-state index in [1.807, 2.05) is 19.9 Å². The van der Waals surface area contributed by atoms with Gasteiger partial charge in [-0.1, -0.05) is 13.8 Å². The van der Waals surface area contributed by atoms with Crippen LogP contribution in [0.5, 0.6) is 0 Å². The van der Waals surface area contributed by atoms with Crippen LogP contribution >= 0.6 is 0 Å². The van der Waals surface area contributed by atoms with Gasteiger partial charge in [-0.3, -0.25) is 0 Å². The second-order valence-corrected chi connectivity index (χ2v) is 3.00. The van der Waals surface area contributed by atoms with Crippen molar-refractivity contribution in [3.8, 4) is 0 Å². The minimum absolute atomic E-state index is 0.718. The molecule has 0 aromatic heterocycles. The molecule has 0 radical (unpaired) electrons. The van der Waals surface area contributed by atoms with E-state index in [0.29, 0.717) is 0 Å². The van der Waals surface area contributed by atoms with Crippen molar-refractivity contribution in [2.24, 2.45) is 0 Å². The average molecular weight is 196 g/mol. The molecule has 14 heavy (non-hydrogen) atoms. The summed E-state index contributed by atoms with van der Waals surface area (Å²) in [5.41, 5.74) is 1.31. The Kier molecular flexibility index (Phi) is 5.15. The van der Waals surface area contributed by atoms with E-state index in [4.69, 9.17) is 4.74 Å². The summed E-state index contributed by atoms with van der Waals surface area (Å²) in [5.74, 6) is 0. The van der Waals surface area contributed by atoms with E-state index in [1.54, 1.807) is 6.26 Å². The summed E-state index contributed by atoms with van der Waals surface area (Å²) in [6.07, 6.45) is 5.94. The van der Waals surface area contributed by atoms with Crippen molar-refractivity contribution in [1.29, 1.82) is 0 Å². The van der Waals surface area contributed by atoms with E-state index in [1.165, 1.54) is 5.70 Å². The third-order valence-corrected chi connectivity index (χ3v) is 2.21. The third-order valence-electron chi connectivity index (χ3n) is 2.21. The first-order valence-corrected chi connectivity index (χ1v) is 5.41. The lowest BCUT2D eigenvalue weighted by molar-refractivity contribution is 0.260. The molecule has 0 aromatic rings. The van der Waals surface area contributed by atoms with E-state index in [9.17, 15) is 0 Å². The third kappa shape index (κ3) is 3.07. The number of hydrogen-bond acceptors (Lipinski definition) is 3. The van der Waals surface area contributed by atoms with Gasteiger partial charge in [-0.05, 0) is 12.2 Å². The standard InChI is InChI=1S/C9H14N2O.C2H6/c1-7-12-8-2-9(1)11-5-3-10-4-6-11;1-2/h1-2,7,10H,3-6,8H2;1-2H3. The van der Waals surface area contributed by atoms with Gasteiger partial charge in [0.1, 0.15) is 6.61 Å². The fraction of sp³-hybridized carbons (Fsp3) is 0.636. The molecule has 0 unspecified atom stereocenters. The summed E-state index contributed by atoms with van der Waals surface area (Å²) in [6.45, 7) is 9.11. The van der Waals surface area contributed by atoms with Crippen LogP contribution in [-0.2, 0) is 4.74 Å². The Morgan fingerprint density at radius 1 is 1.29 bits per heavy atom. The van der Waals surface area contributed by atoms with Crippen LogP contribution in [-0.4, -0.2) is 37.7 Å². The molecule has 2 heterocycles. The van der Waals surface area contributed by atoms with Crippen LogP contribution in [0.15, 0.2) is 24.1 Å². The molecular weight excluding hydrogens is 176 g/mol.